The summed E-state index contributed by atoms with van der Waals surface area (Å²) in [6, 6.07) is 6.02. The van der Waals surface area contributed by atoms with Gasteiger partial charge in [-0.15, -0.1) is 0 Å². The maximum absolute atomic E-state index is 12.5. The van der Waals surface area contributed by atoms with Gasteiger partial charge < -0.3 is 16.0 Å². The van der Waals surface area contributed by atoms with Crippen molar-refractivity contribution in [2.24, 2.45) is 5.92 Å². The van der Waals surface area contributed by atoms with Crippen molar-refractivity contribution >= 4 is 17.7 Å². The highest BCUT2D eigenvalue weighted by molar-refractivity contribution is 5.99. The lowest BCUT2D eigenvalue weighted by Gasteiger charge is -2.27. The highest BCUT2D eigenvalue weighted by atomic mass is 16.2. The highest BCUT2D eigenvalue weighted by Crippen LogP contribution is 2.10. The monoisotopic (exact) mass is 331 g/mol. The van der Waals surface area contributed by atoms with Gasteiger partial charge in [-0.3, -0.25) is 14.4 Å². The Morgan fingerprint density at radius 3 is 2.58 bits per heavy atom. The van der Waals surface area contributed by atoms with Crippen LogP contribution in [0.4, 0.5) is 0 Å². The summed E-state index contributed by atoms with van der Waals surface area (Å²) in [5.41, 5.74) is 1.40. The van der Waals surface area contributed by atoms with Crippen molar-refractivity contribution < 1.29 is 14.4 Å². The second-order valence-electron chi connectivity index (χ2n) is 6.50. The van der Waals surface area contributed by atoms with Crippen molar-refractivity contribution in [2.45, 2.75) is 45.7 Å². The minimum Gasteiger partial charge on any atom is -0.354 e. The van der Waals surface area contributed by atoms with E-state index in [0.29, 0.717) is 18.5 Å². The number of rotatable bonds is 5. The Bertz CT molecular complexity index is 628. The van der Waals surface area contributed by atoms with E-state index in [2.05, 4.69) is 16.0 Å². The smallest absolute Gasteiger partial charge is 0.252 e. The van der Waals surface area contributed by atoms with E-state index in [4.69, 9.17) is 0 Å². The average Bonchev–Trinajstić information content (AvgIpc) is 2.54. The van der Waals surface area contributed by atoms with Crippen LogP contribution in [0.15, 0.2) is 24.3 Å². The summed E-state index contributed by atoms with van der Waals surface area (Å²) in [6.07, 6.45) is 1.45. The minimum absolute atomic E-state index is 0.0929. The normalized spacial score (nSPS) is 18.7. The van der Waals surface area contributed by atoms with Crippen LogP contribution in [-0.2, 0) is 9.59 Å². The van der Waals surface area contributed by atoms with Gasteiger partial charge in [0.25, 0.3) is 5.91 Å². The Hall–Kier alpha value is -2.37. The largest absolute Gasteiger partial charge is 0.354 e. The van der Waals surface area contributed by atoms with Gasteiger partial charge in [0.05, 0.1) is 0 Å². The number of nitrogens with one attached hydrogen (secondary N) is 3. The first-order valence-corrected chi connectivity index (χ1v) is 8.34. The van der Waals surface area contributed by atoms with Gasteiger partial charge in [0.1, 0.15) is 12.1 Å². The molecule has 1 aliphatic heterocycles. The molecule has 3 N–H and O–H groups in total. The zero-order valence-electron chi connectivity index (χ0n) is 14.4. The van der Waals surface area contributed by atoms with Crippen molar-refractivity contribution in [2.75, 3.05) is 6.54 Å². The molecule has 0 aliphatic carbocycles. The molecule has 1 aromatic carbocycles. The van der Waals surface area contributed by atoms with E-state index in [-0.39, 0.29) is 23.6 Å². The summed E-state index contributed by atoms with van der Waals surface area (Å²) in [5, 5.41) is 8.29. The van der Waals surface area contributed by atoms with Crippen LogP contribution >= 0.6 is 0 Å². The average molecular weight is 331 g/mol. The van der Waals surface area contributed by atoms with Gasteiger partial charge in [-0.1, -0.05) is 32.0 Å². The second-order valence-corrected chi connectivity index (χ2v) is 6.50. The van der Waals surface area contributed by atoms with Gasteiger partial charge in [-0.25, -0.2) is 0 Å². The van der Waals surface area contributed by atoms with Crippen LogP contribution in [0.2, 0.25) is 0 Å². The molecular formula is C18H25N3O3. The molecule has 1 heterocycles. The predicted octanol–water partition coefficient (Wildman–Crippen LogP) is 1.14. The Balaban J connectivity index is 2.06. The number of hydrogen-bond donors (Lipinski definition) is 3. The number of carbonyl (C=O) groups excluding carboxylic acids is 3. The first kappa shape index (κ1) is 18.0. The third-order valence-electron chi connectivity index (χ3n) is 4.23. The van der Waals surface area contributed by atoms with E-state index in [9.17, 15) is 14.4 Å². The SMILES string of the molecule is Cc1ccccc1C(=O)N[C@H](C(=O)N[C@@H]1CCCNC1=O)C(C)C. The molecule has 1 aromatic rings. The van der Waals surface area contributed by atoms with E-state index in [1.165, 1.54) is 0 Å². The molecule has 24 heavy (non-hydrogen) atoms. The molecule has 0 aromatic heterocycles. The van der Waals surface area contributed by atoms with E-state index >= 15 is 0 Å². The van der Waals surface area contributed by atoms with Crippen LogP contribution in [-0.4, -0.2) is 36.3 Å². The Kier molecular flexibility index (Phi) is 5.95. The number of piperidine rings is 1. The molecule has 0 bridgehead atoms. The van der Waals surface area contributed by atoms with Gasteiger partial charge in [0, 0.05) is 12.1 Å². The van der Waals surface area contributed by atoms with Crippen molar-refractivity contribution in [3.05, 3.63) is 35.4 Å². The summed E-state index contributed by atoms with van der Waals surface area (Å²) < 4.78 is 0. The van der Waals surface area contributed by atoms with Crippen LogP contribution in [0.5, 0.6) is 0 Å². The molecule has 2 atom stereocenters. The zero-order valence-corrected chi connectivity index (χ0v) is 14.4. The molecular weight excluding hydrogens is 306 g/mol. The molecule has 0 saturated carbocycles. The number of hydrogen-bond acceptors (Lipinski definition) is 3. The fourth-order valence-electron chi connectivity index (χ4n) is 2.75. The minimum atomic E-state index is -0.688. The topological polar surface area (TPSA) is 87.3 Å². The van der Waals surface area contributed by atoms with E-state index in [1.807, 2.05) is 32.9 Å². The molecule has 3 amide bonds. The fourth-order valence-corrected chi connectivity index (χ4v) is 2.75. The summed E-state index contributed by atoms with van der Waals surface area (Å²) in [4.78, 5) is 36.8. The van der Waals surface area contributed by atoms with Crippen molar-refractivity contribution in [1.82, 2.24) is 16.0 Å². The first-order valence-electron chi connectivity index (χ1n) is 8.34. The van der Waals surface area contributed by atoms with Crippen LogP contribution in [0.3, 0.4) is 0 Å². The number of aryl methyl sites for hydroxylation is 1. The first-order chi connectivity index (χ1) is 11.4. The number of amides is 3. The molecule has 1 aliphatic rings. The fraction of sp³-hybridized carbons (Fsp3) is 0.500. The van der Waals surface area contributed by atoms with Crippen molar-refractivity contribution in [3.8, 4) is 0 Å². The molecule has 6 nitrogen and oxygen atoms in total. The van der Waals surface area contributed by atoms with Crippen molar-refractivity contribution in [3.63, 3.8) is 0 Å². The predicted molar refractivity (Wildman–Crippen MR) is 91.4 cm³/mol. The van der Waals surface area contributed by atoms with E-state index < -0.39 is 12.1 Å². The quantitative estimate of drug-likeness (QED) is 0.756. The molecule has 2 rings (SSSR count). The molecule has 1 fully saturated rings. The zero-order chi connectivity index (χ0) is 17.7. The third-order valence-corrected chi connectivity index (χ3v) is 4.23. The van der Waals surface area contributed by atoms with Crippen LogP contribution in [0, 0.1) is 12.8 Å². The number of benzene rings is 1. The van der Waals surface area contributed by atoms with Gasteiger partial charge in [0.2, 0.25) is 11.8 Å². The molecule has 130 valence electrons. The number of carbonyl (C=O) groups is 3. The summed E-state index contributed by atoms with van der Waals surface area (Å²) in [6.45, 7) is 6.22. The summed E-state index contributed by atoms with van der Waals surface area (Å²) in [7, 11) is 0. The Morgan fingerprint density at radius 1 is 1.25 bits per heavy atom. The molecule has 1 saturated heterocycles. The van der Waals surface area contributed by atoms with E-state index in [1.54, 1.807) is 12.1 Å². The van der Waals surface area contributed by atoms with Gasteiger partial charge in [-0.05, 0) is 37.3 Å². The van der Waals surface area contributed by atoms with Gasteiger partial charge in [-0.2, -0.15) is 0 Å². The second kappa shape index (κ2) is 7.95. The third kappa shape index (κ3) is 4.34. The van der Waals surface area contributed by atoms with Gasteiger partial charge in [0.15, 0.2) is 0 Å². The molecule has 0 unspecified atom stereocenters. The lowest BCUT2D eigenvalue weighted by atomic mass is 10.00. The van der Waals surface area contributed by atoms with Crippen LogP contribution in [0.1, 0.15) is 42.6 Å². The van der Waals surface area contributed by atoms with Crippen molar-refractivity contribution in [1.29, 1.82) is 0 Å². The summed E-state index contributed by atoms with van der Waals surface area (Å²) in [5.74, 6) is -0.865. The van der Waals surface area contributed by atoms with Gasteiger partial charge >= 0.3 is 0 Å². The molecule has 0 spiro atoms. The Morgan fingerprint density at radius 2 is 1.96 bits per heavy atom. The maximum Gasteiger partial charge on any atom is 0.252 e. The maximum atomic E-state index is 12.5. The molecule has 0 radical (unpaired) electrons. The molecule has 6 heteroatoms. The van der Waals surface area contributed by atoms with E-state index in [0.717, 1.165) is 12.0 Å². The van der Waals surface area contributed by atoms with Crippen LogP contribution in [0.25, 0.3) is 0 Å². The lowest BCUT2D eigenvalue weighted by molar-refractivity contribution is -0.131. The standard InChI is InChI=1S/C18H25N3O3/c1-11(2)15(18(24)20-14-9-6-10-19-17(14)23)21-16(22)13-8-5-4-7-12(13)3/h4-5,7-8,11,14-15H,6,9-10H2,1-3H3,(H,19,23)(H,20,24)(H,21,22)/t14-,15+/m1/s1. The van der Waals surface area contributed by atoms with Crippen LogP contribution < -0.4 is 16.0 Å². The lowest BCUT2D eigenvalue weighted by Crippen LogP contribution is -2.56. The highest BCUT2D eigenvalue weighted by Gasteiger charge is 2.30. The Labute approximate surface area is 142 Å². The summed E-state index contributed by atoms with van der Waals surface area (Å²) >= 11 is 0.